The van der Waals surface area contributed by atoms with Crippen molar-refractivity contribution in [3.05, 3.63) is 59.3 Å². The highest BCUT2D eigenvalue weighted by atomic mass is 32.1. The third-order valence-electron chi connectivity index (χ3n) is 2.90. The fraction of sp³-hybridized carbons (Fsp3) is 0.200. The number of rotatable bonds is 5. The van der Waals surface area contributed by atoms with E-state index in [0.29, 0.717) is 18.3 Å². The Morgan fingerprint density at radius 1 is 1.05 bits per heavy atom. The lowest BCUT2D eigenvalue weighted by atomic mass is 10.2. The minimum absolute atomic E-state index is 0.600. The van der Waals surface area contributed by atoms with Crippen molar-refractivity contribution in [2.24, 2.45) is 0 Å². The second kappa shape index (κ2) is 5.98. The van der Waals surface area contributed by atoms with Crippen LogP contribution in [0.2, 0.25) is 0 Å². The average Bonchev–Trinajstić information content (AvgIpc) is 3.10. The molecular formula is C15H15N3OS. The van der Waals surface area contributed by atoms with Crippen LogP contribution in [-0.2, 0) is 13.1 Å². The van der Waals surface area contributed by atoms with E-state index in [0.717, 1.165) is 11.4 Å². The molecule has 0 spiro atoms. The normalized spacial score (nSPS) is 11.1. The molecule has 0 radical (unpaired) electrons. The van der Waals surface area contributed by atoms with Gasteiger partial charge in [0, 0.05) is 6.54 Å². The van der Waals surface area contributed by atoms with Gasteiger partial charge in [0.05, 0.1) is 11.4 Å². The summed E-state index contributed by atoms with van der Waals surface area (Å²) in [6.45, 7) is 1.50. The van der Waals surface area contributed by atoms with Gasteiger partial charge in [-0.25, -0.2) is 0 Å². The first-order valence-corrected chi connectivity index (χ1v) is 7.28. The van der Waals surface area contributed by atoms with Crippen LogP contribution in [0.4, 0.5) is 0 Å². The summed E-state index contributed by atoms with van der Waals surface area (Å²) < 4.78 is 5.68. The fourth-order valence-electron chi connectivity index (χ4n) is 2.00. The molecule has 0 N–H and O–H groups in total. The predicted octanol–water partition coefficient (Wildman–Crippen LogP) is 3.43. The second-order valence-electron chi connectivity index (χ2n) is 4.64. The molecule has 102 valence electrons. The number of hydrogen-bond donors (Lipinski definition) is 0. The molecule has 0 bridgehead atoms. The Bertz CT molecular complexity index is 649. The highest BCUT2D eigenvalue weighted by Crippen LogP contribution is 2.23. The Balaban J connectivity index is 1.63. The number of hydrogen-bond acceptors (Lipinski definition) is 5. The van der Waals surface area contributed by atoms with Gasteiger partial charge in [-0.1, -0.05) is 36.4 Å². The van der Waals surface area contributed by atoms with Crippen LogP contribution in [0.25, 0.3) is 10.8 Å². The molecule has 0 saturated carbocycles. The van der Waals surface area contributed by atoms with E-state index < -0.39 is 0 Å². The molecule has 5 heteroatoms. The molecule has 0 aliphatic heterocycles. The maximum absolute atomic E-state index is 5.68. The van der Waals surface area contributed by atoms with Crippen LogP contribution in [0.3, 0.4) is 0 Å². The topological polar surface area (TPSA) is 42.2 Å². The van der Waals surface area contributed by atoms with Crippen LogP contribution in [-0.4, -0.2) is 22.1 Å². The first-order valence-electron chi connectivity index (χ1n) is 6.40. The number of benzene rings is 1. The van der Waals surface area contributed by atoms with E-state index >= 15 is 0 Å². The summed E-state index contributed by atoms with van der Waals surface area (Å²) in [6, 6.07) is 14.3. The van der Waals surface area contributed by atoms with Crippen molar-refractivity contribution < 1.29 is 4.42 Å². The number of aromatic nitrogens is 2. The summed E-state index contributed by atoms with van der Waals surface area (Å²) in [5.41, 5.74) is 1.27. The smallest absolute Gasteiger partial charge is 0.257 e. The molecule has 0 fully saturated rings. The first kappa shape index (κ1) is 13.0. The van der Waals surface area contributed by atoms with Crippen molar-refractivity contribution >= 4 is 11.3 Å². The molecule has 4 nitrogen and oxygen atoms in total. The third-order valence-corrected chi connectivity index (χ3v) is 3.76. The van der Waals surface area contributed by atoms with Crippen molar-refractivity contribution in [1.82, 2.24) is 15.1 Å². The molecule has 2 aromatic heterocycles. The van der Waals surface area contributed by atoms with Gasteiger partial charge < -0.3 is 4.42 Å². The Morgan fingerprint density at radius 2 is 1.90 bits per heavy atom. The molecule has 0 amide bonds. The standard InChI is InChI=1S/C15H15N3OS/c1-18(10-12-6-3-2-4-7-12)11-14-16-17-15(19-14)13-8-5-9-20-13/h2-9H,10-11H2,1H3. The molecular weight excluding hydrogens is 270 g/mol. The van der Waals surface area contributed by atoms with Gasteiger partial charge in [0.1, 0.15) is 0 Å². The second-order valence-corrected chi connectivity index (χ2v) is 5.58. The quantitative estimate of drug-likeness (QED) is 0.720. The first-order chi connectivity index (χ1) is 9.81. The van der Waals surface area contributed by atoms with Gasteiger partial charge in [-0.15, -0.1) is 21.5 Å². The molecule has 0 saturated heterocycles. The van der Waals surface area contributed by atoms with Gasteiger partial charge in [-0.05, 0) is 24.1 Å². The lowest BCUT2D eigenvalue weighted by Crippen LogP contribution is -2.17. The zero-order chi connectivity index (χ0) is 13.8. The van der Waals surface area contributed by atoms with Gasteiger partial charge in [0.15, 0.2) is 0 Å². The largest absolute Gasteiger partial charge is 0.419 e. The summed E-state index contributed by atoms with van der Waals surface area (Å²) in [5.74, 6) is 1.25. The van der Waals surface area contributed by atoms with Crippen LogP contribution in [0.5, 0.6) is 0 Å². The van der Waals surface area contributed by atoms with Crippen molar-refractivity contribution in [3.8, 4) is 10.8 Å². The van der Waals surface area contributed by atoms with Crippen molar-refractivity contribution in [3.63, 3.8) is 0 Å². The summed E-state index contributed by atoms with van der Waals surface area (Å²) in [4.78, 5) is 3.16. The molecule has 0 unspecified atom stereocenters. The zero-order valence-electron chi connectivity index (χ0n) is 11.2. The van der Waals surface area contributed by atoms with Crippen LogP contribution >= 0.6 is 11.3 Å². The Morgan fingerprint density at radius 3 is 2.65 bits per heavy atom. The van der Waals surface area contributed by atoms with Crippen molar-refractivity contribution in [1.29, 1.82) is 0 Å². The van der Waals surface area contributed by atoms with Crippen LogP contribution < -0.4 is 0 Å². The molecule has 2 heterocycles. The summed E-state index contributed by atoms with van der Waals surface area (Å²) >= 11 is 1.60. The monoisotopic (exact) mass is 285 g/mol. The predicted molar refractivity (Wildman–Crippen MR) is 79.2 cm³/mol. The van der Waals surface area contributed by atoms with Gasteiger partial charge in [-0.2, -0.15) is 0 Å². The van der Waals surface area contributed by atoms with Crippen LogP contribution in [0.15, 0.2) is 52.3 Å². The summed E-state index contributed by atoms with van der Waals surface area (Å²) in [7, 11) is 2.04. The molecule has 0 aliphatic carbocycles. The maximum Gasteiger partial charge on any atom is 0.257 e. The lowest BCUT2D eigenvalue weighted by Gasteiger charge is -2.13. The molecule has 0 aliphatic rings. The van der Waals surface area contributed by atoms with Crippen molar-refractivity contribution in [2.45, 2.75) is 13.1 Å². The number of nitrogens with zero attached hydrogens (tertiary/aromatic N) is 3. The van der Waals surface area contributed by atoms with E-state index in [4.69, 9.17) is 4.42 Å². The van der Waals surface area contributed by atoms with E-state index in [1.807, 2.05) is 42.8 Å². The molecule has 0 atom stereocenters. The van der Waals surface area contributed by atoms with E-state index in [-0.39, 0.29) is 0 Å². The van der Waals surface area contributed by atoms with Gasteiger partial charge in [0.25, 0.3) is 5.89 Å². The zero-order valence-corrected chi connectivity index (χ0v) is 12.0. The van der Waals surface area contributed by atoms with E-state index in [1.54, 1.807) is 11.3 Å². The highest BCUT2D eigenvalue weighted by molar-refractivity contribution is 7.13. The Kier molecular flexibility index (Phi) is 3.90. The van der Waals surface area contributed by atoms with Gasteiger partial charge >= 0.3 is 0 Å². The number of thiophene rings is 1. The van der Waals surface area contributed by atoms with Crippen LogP contribution in [0, 0.1) is 0 Å². The maximum atomic E-state index is 5.68. The Labute approximate surface area is 121 Å². The van der Waals surface area contributed by atoms with Crippen molar-refractivity contribution in [2.75, 3.05) is 7.05 Å². The highest BCUT2D eigenvalue weighted by Gasteiger charge is 2.11. The van der Waals surface area contributed by atoms with Gasteiger partial charge in [-0.3, -0.25) is 4.90 Å². The summed E-state index contributed by atoms with van der Waals surface area (Å²) in [6.07, 6.45) is 0. The molecule has 20 heavy (non-hydrogen) atoms. The fourth-order valence-corrected chi connectivity index (χ4v) is 2.64. The minimum Gasteiger partial charge on any atom is -0.419 e. The SMILES string of the molecule is CN(Cc1ccccc1)Cc1nnc(-c2cccs2)o1. The van der Waals surface area contributed by atoms with Gasteiger partial charge in [0.2, 0.25) is 5.89 Å². The molecule has 1 aromatic carbocycles. The molecule has 3 aromatic rings. The average molecular weight is 285 g/mol. The summed E-state index contributed by atoms with van der Waals surface area (Å²) in [5, 5.41) is 10.2. The minimum atomic E-state index is 0.600. The van der Waals surface area contributed by atoms with E-state index in [1.165, 1.54) is 5.56 Å². The van der Waals surface area contributed by atoms with E-state index in [9.17, 15) is 0 Å². The van der Waals surface area contributed by atoms with Crippen LogP contribution in [0.1, 0.15) is 11.5 Å². The molecule has 3 rings (SSSR count). The Hall–Kier alpha value is -1.98. The van der Waals surface area contributed by atoms with E-state index in [2.05, 4.69) is 27.2 Å². The third kappa shape index (κ3) is 3.12. The lowest BCUT2D eigenvalue weighted by molar-refractivity contribution is 0.283.